The summed E-state index contributed by atoms with van der Waals surface area (Å²) in [6.45, 7) is 5.69. The van der Waals surface area contributed by atoms with Crippen LogP contribution in [0, 0.1) is 6.92 Å². The van der Waals surface area contributed by atoms with E-state index in [4.69, 9.17) is 4.74 Å². The normalized spacial score (nSPS) is 15.0. The smallest absolute Gasteiger partial charge is 0.262 e. The molecular weight excluding hydrogens is 316 g/mol. The Bertz CT molecular complexity index is 843. The van der Waals surface area contributed by atoms with E-state index in [0.717, 1.165) is 16.8 Å². The number of carbonyl (C=O) groups is 2. The Kier molecular flexibility index (Phi) is 4.25. The summed E-state index contributed by atoms with van der Waals surface area (Å²) in [6, 6.07) is 13.1. The Balaban J connectivity index is 1.69. The summed E-state index contributed by atoms with van der Waals surface area (Å²) in [5.74, 6) is 0.475. The Morgan fingerprint density at radius 1 is 1.20 bits per heavy atom. The number of hydrogen-bond acceptors (Lipinski definition) is 3. The van der Waals surface area contributed by atoms with E-state index >= 15 is 0 Å². The summed E-state index contributed by atoms with van der Waals surface area (Å²) < 4.78 is 5.51. The summed E-state index contributed by atoms with van der Waals surface area (Å²) in [6.07, 6.45) is 0. The van der Waals surface area contributed by atoms with Crippen LogP contribution in [0.5, 0.6) is 5.75 Å². The van der Waals surface area contributed by atoms with Crippen molar-refractivity contribution in [1.82, 2.24) is 0 Å². The lowest BCUT2D eigenvalue weighted by molar-refractivity contribution is -0.121. The molecule has 0 aromatic heterocycles. The standard InChI is InChI=1S/C20H22N2O3/c1-13-6-5-7-15(10-13)25-12-18(23)21-14-8-9-17-16(11-14)20(2,3)19(24)22(17)4/h5-11H,12H2,1-4H3,(H,21,23). The molecule has 0 fully saturated rings. The van der Waals surface area contributed by atoms with Gasteiger partial charge in [-0.2, -0.15) is 0 Å². The van der Waals surface area contributed by atoms with Crippen molar-refractivity contribution in [2.45, 2.75) is 26.2 Å². The van der Waals surface area contributed by atoms with Crippen LogP contribution < -0.4 is 15.0 Å². The summed E-state index contributed by atoms with van der Waals surface area (Å²) in [4.78, 5) is 26.1. The summed E-state index contributed by atoms with van der Waals surface area (Å²) in [7, 11) is 1.77. The number of benzene rings is 2. The fraction of sp³-hybridized carbons (Fsp3) is 0.300. The molecule has 1 N–H and O–H groups in total. The van der Waals surface area contributed by atoms with Crippen LogP contribution in [-0.2, 0) is 15.0 Å². The second-order valence-corrected chi connectivity index (χ2v) is 6.87. The third kappa shape index (κ3) is 3.22. The van der Waals surface area contributed by atoms with Crippen LogP contribution in [0.4, 0.5) is 11.4 Å². The first-order chi connectivity index (χ1) is 11.8. The minimum absolute atomic E-state index is 0.0498. The van der Waals surface area contributed by atoms with Crippen LogP contribution in [0.15, 0.2) is 42.5 Å². The number of rotatable bonds is 4. The lowest BCUT2D eigenvalue weighted by atomic mass is 9.86. The third-order valence-electron chi connectivity index (χ3n) is 4.51. The first kappa shape index (κ1) is 17.0. The minimum atomic E-state index is -0.594. The monoisotopic (exact) mass is 338 g/mol. The summed E-state index contributed by atoms with van der Waals surface area (Å²) in [5, 5.41) is 2.83. The van der Waals surface area contributed by atoms with E-state index in [1.54, 1.807) is 18.0 Å². The highest BCUT2D eigenvalue weighted by atomic mass is 16.5. The van der Waals surface area contributed by atoms with Gasteiger partial charge in [0.2, 0.25) is 5.91 Å². The average molecular weight is 338 g/mol. The van der Waals surface area contributed by atoms with Gasteiger partial charge in [0, 0.05) is 18.4 Å². The molecule has 0 aliphatic carbocycles. The second kappa shape index (κ2) is 6.24. The van der Waals surface area contributed by atoms with Gasteiger partial charge in [-0.1, -0.05) is 12.1 Å². The average Bonchev–Trinajstić information content (AvgIpc) is 2.74. The van der Waals surface area contributed by atoms with Crippen molar-refractivity contribution in [1.29, 1.82) is 0 Å². The molecule has 1 aliphatic heterocycles. The maximum atomic E-state index is 12.3. The van der Waals surface area contributed by atoms with Crippen LogP contribution in [0.25, 0.3) is 0 Å². The molecule has 25 heavy (non-hydrogen) atoms. The molecule has 5 nitrogen and oxygen atoms in total. The van der Waals surface area contributed by atoms with E-state index in [2.05, 4.69) is 5.32 Å². The number of anilines is 2. The molecule has 5 heteroatoms. The zero-order chi connectivity index (χ0) is 18.2. The second-order valence-electron chi connectivity index (χ2n) is 6.87. The molecule has 0 radical (unpaired) electrons. The van der Waals surface area contributed by atoms with Gasteiger partial charge in [-0.25, -0.2) is 0 Å². The van der Waals surface area contributed by atoms with E-state index in [9.17, 15) is 9.59 Å². The predicted molar refractivity (Wildman–Crippen MR) is 98.2 cm³/mol. The fourth-order valence-electron chi connectivity index (χ4n) is 3.10. The van der Waals surface area contributed by atoms with Crippen LogP contribution in [0.3, 0.4) is 0 Å². The Morgan fingerprint density at radius 2 is 1.96 bits per heavy atom. The van der Waals surface area contributed by atoms with Crippen molar-refractivity contribution >= 4 is 23.2 Å². The maximum absolute atomic E-state index is 12.3. The fourth-order valence-corrected chi connectivity index (χ4v) is 3.10. The number of hydrogen-bond donors (Lipinski definition) is 1. The van der Waals surface area contributed by atoms with Crippen molar-refractivity contribution < 1.29 is 14.3 Å². The highest BCUT2D eigenvalue weighted by molar-refractivity contribution is 6.07. The molecule has 0 saturated heterocycles. The maximum Gasteiger partial charge on any atom is 0.262 e. The molecule has 0 spiro atoms. The molecule has 2 aromatic carbocycles. The molecule has 2 amide bonds. The van der Waals surface area contributed by atoms with Gasteiger partial charge in [-0.05, 0) is 62.2 Å². The molecule has 130 valence electrons. The van der Waals surface area contributed by atoms with Gasteiger partial charge >= 0.3 is 0 Å². The van der Waals surface area contributed by atoms with E-state index in [-0.39, 0.29) is 18.4 Å². The SMILES string of the molecule is Cc1cccc(OCC(=O)Nc2ccc3c(c2)C(C)(C)C(=O)N3C)c1. The first-order valence-electron chi connectivity index (χ1n) is 8.21. The molecule has 0 unspecified atom stereocenters. The number of aryl methyl sites for hydroxylation is 1. The van der Waals surface area contributed by atoms with Gasteiger partial charge in [-0.15, -0.1) is 0 Å². The number of fused-ring (bicyclic) bond motifs is 1. The van der Waals surface area contributed by atoms with Crippen molar-refractivity contribution in [2.75, 3.05) is 23.9 Å². The summed E-state index contributed by atoms with van der Waals surface area (Å²) in [5.41, 5.74) is 2.94. The Labute approximate surface area is 147 Å². The van der Waals surface area contributed by atoms with Crippen molar-refractivity contribution in [3.05, 3.63) is 53.6 Å². The van der Waals surface area contributed by atoms with Crippen LogP contribution >= 0.6 is 0 Å². The Hall–Kier alpha value is -2.82. The topological polar surface area (TPSA) is 58.6 Å². The first-order valence-corrected chi connectivity index (χ1v) is 8.21. The van der Waals surface area contributed by atoms with Crippen molar-refractivity contribution in [3.8, 4) is 5.75 Å². The van der Waals surface area contributed by atoms with E-state index in [0.29, 0.717) is 11.4 Å². The number of amides is 2. The van der Waals surface area contributed by atoms with Gasteiger partial charge < -0.3 is 15.0 Å². The number of nitrogens with one attached hydrogen (secondary N) is 1. The number of carbonyl (C=O) groups excluding carboxylic acids is 2. The molecular formula is C20H22N2O3. The molecule has 1 aliphatic rings. The zero-order valence-electron chi connectivity index (χ0n) is 14.9. The van der Waals surface area contributed by atoms with Gasteiger partial charge in [0.05, 0.1) is 5.41 Å². The highest BCUT2D eigenvalue weighted by Gasteiger charge is 2.42. The van der Waals surface area contributed by atoms with Crippen LogP contribution in [-0.4, -0.2) is 25.5 Å². The molecule has 0 atom stereocenters. The van der Waals surface area contributed by atoms with E-state index in [1.165, 1.54) is 0 Å². The van der Waals surface area contributed by atoms with Gasteiger partial charge in [0.1, 0.15) is 5.75 Å². The van der Waals surface area contributed by atoms with Gasteiger partial charge in [0.15, 0.2) is 6.61 Å². The molecule has 3 rings (SSSR count). The van der Waals surface area contributed by atoms with E-state index in [1.807, 2.05) is 57.2 Å². The molecule has 1 heterocycles. The predicted octanol–water partition coefficient (Wildman–Crippen LogP) is 3.27. The third-order valence-corrected chi connectivity index (χ3v) is 4.51. The summed E-state index contributed by atoms with van der Waals surface area (Å²) >= 11 is 0. The molecule has 2 aromatic rings. The van der Waals surface area contributed by atoms with Crippen molar-refractivity contribution in [3.63, 3.8) is 0 Å². The minimum Gasteiger partial charge on any atom is -0.484 e. The zero-order valence-corrected chi connectivity index (χ0v) is 14.9. The highest BCUT2D eigenvalue weighted by Crippen LogP contribution is 2.41. The quantitative estimate of drug-likeness (QED) is 0.931. The largest absolute Gasteiger partial charge is 0.484 e. The molecule has 0 saturated carbocycles. The van der Waals surface area contributed by atoms with E-state index < -0.39 is 5.41 Å². The lowest BCUT2D eigenvalue weighted by Crippen LogP contribution is -2.33. The number of ether oxygens (including phenoxy) is 1. The van der Waals surface area contributed by atoms with Crippen LogP contribution in [0.2, 0.25) is 0 Å². The number of nitrogens with zero attached hydrogens (tertiary/aromatic N) is 1. The van der Waals surface area contributed by atoms with Crippen molar-refractivity contribution in [2.24, 2.45) is 0 Å². The molecule has 0 bridgehead atoms. The van der Waals surface area contributed by atoms with Crippen LogP contribution in [0.1, 0.15) is 25.0 Å². The van der Waals surface area contributed by atoms with Gasteiger partial charge in [-0.3, -0.25) is 9.59 Å². The lowest BCUT2D eigenvalue weighted by Gasteiger charge is -2.17. The van der Waals surface area contributed by atoms with Gasteiger partial charge in [0.25, 0.3) is 5.91 Å². The Morgan fingerprint density at radius 3 is 2.68 bits per heavy atom. The number of likely N-dealkylation sites (N-methyl/N-ethyl adjacent to an activating group) is 1.